The van der Waals surface area contributed by atoms with Gasteiger partial charge in [-0.3, -0.25) is 10.3 Å². The number of fused-ring (bicyclic) bond motifs is 4. The molecule has 2 fully saturated rings. The Balaban J connectivity index is 1.55. The van der Waals surface area contributed by atoms with Gasteiger partial charge in [-0.25, -0.2) is 14.8 Å². The molecule has 0 spiro atoms. The number of ether oxygens (including phenoxy) is 1. The molecule has 0 radical (unpaired) electrons. The summed E-state index contributed by atoms with van der Waals surface area (Å²) in [6.07, 6.45) is 5.31. The van der Waals surface area contributed by atoms with Gasteiger partial charge in [-0.2, -0.15) is 4.90 Å². The first-order chi connectivity index (χ1) is 14.6. The maximum Gasteiger partial charge on any atom is 0.383 e. The van der Waals surface area contributed by atoms with Gasteiger partial charge < -0.3 is 14.5 Å². The zero-order chi connectivity index (χ0) is 20.7. The molecule has 2 atom stereocenters. The standard InChI is InChI=1S/C20H22N8O2/c1-14-12-26(9-10-30-14)17-4-3-15-18(25-17)28(20(21-2)5-8-27(15)13-20)19(29)24-16-11-22-6-7-23-16/h2-4,6-7,11,14H,5,8-10,12-13H2,1H3/p+1/t14-,20?/m0/s1. The van der Waals surface area contributed by atoms with Crippen LogP contribution >= 0.6 is 0 Å². The highest BCUT2D eigenvalue weighted by atomic mass is 16.5. The number of hydrogen-bond donors (Lipinski definition) is 1. The minimum atomic E-state index is -0.872. The summed E-state index contributed by atoms with van der Waals surface area (Å²) in [6, 6.07) is 3.64. The number of anilines is 4. The van der Waals surface area contributed by atoms with Crippen molar-refractivity contribution >= 4 is 29.2 Å². The summed E-state index contributed by atoms with van der Waals surface area (Å²) in [5.41, 5.74) is 0.0228. The molecule has 154 valence electrons. The largest absolute Gasteiger partial charge is 0.383 e. The number of amides is 2. The van der Waals surface area contributed by atoms with Crippen molar-refractivity contribution < 1.29 is 9.53 Å². The van der Waals surface area contributed by atoms with E-state index in [4.69, 9.17) is 16.3 Å². The number of rotatable bonds is 2. The van der Waals surface area contributed by atoms with E-state index in [2.05, 4.69) is 29.9 Å². The lowest BCUT2D eigenvalue weighted by atomic mass is 10.1. The Bertz CT molecular complexity index is 1010. The van der Waals surface area contributed by atoms with E-state index in [-0.39, 0.29) is 12.1 Å². The molecular formula is C20H23N8O2+. The summed E-state index contributed by atoms with van der Waals surface area (Å²) in [5, 5.41) is 2.81. The molecule has 3 aliphatic rings. The van der Waals surface area contributed by atoms with Crippen molar-refractivity contribution in [3.05, 3.63) is 35.6 Å². The Morgan fingerprint density at radius 2 is 2.23 bits per heavy atom. The number of pyridine rings is 1. The van der Waals surface area contributed by atoms with E-state index in [0.717, 1.165) is 31.1 Å². The number of carbonyl (C=O) groups is 1. The molecule has 5 rings (SSSR count). The highest BCUT2D eigenvalue weighted by Gasteiger charge is 2.60. The lowest BCUT2D eigenvalue weighted by Crippen LogP contribution is -2.56. The second-order valence-electron chi connectivity index (χ2n) is 7.78. The summed E-state index contributed by atoms with van der Waals surface area (Å²) in [7, 11) is 0. The summed E-state index contributed by atoms with van der Waals surface area (Å²) in [4.78, 5) is 36.5. The molecule has 2 aromatic rings. The Labute approximate surface area is 174 Å². The first-order valence-corrected chi connectivity index (χ1v) is 10.0. The Kier molecular flexibility index (Phi) is 4.40. The zero-order valence-corrected chi connectivity index (χ0v) is 16.7. The lowest BCUT2D eigenvalue weighted by molar-refractivity contribution is 0.0529. The van der Waals surface area contributed by atoms with Crippen molar-refractivity contribution in [3.63, 3.8) is 0 Å². The van der Waals surface area contributed by atoms with Crippen molar-refractivity contribution in [1.82, 2.24) is 15.0 Å². The average Bonchev–Trinajstić information content (AvgIpc) is 3.14. The first kappa shape index (κ1) is 18.6. The highest BCUT2D eigenvalue weighted by molar-refractivity contribution is 6.05. The highest BCUT2D eigenvalue weighted by Crippen LogP contribution is 2.46. The second-order valence-corrected chi connectivity index (χ2v) is 7.78. The van der Waals surface area contributed by atoms with Gasteiger partial charge in [0.2, 0.25) is 0 Å². The third-order valence-corrected chi connectivity index (χ3v) is 5.84. The van der Waals surface area contributed by atoms with E-state index in [1.165, 1.54) is 12.4 Å². The van der Waals surface area contributed by atoms with Gasteiger partial charge in [0.25, 0.3) is 6.57 Å². The predicted octanol–water partition coefficient (Wildman–Crippen LogP) is 2.02. The quantitative estimate of drug-likeness (QED) is 0.814. The van der Waals surface area contributed by atoms with Gasteiger partial charge >= 0.3 is 11.7 Å². The molecule has 1 N–H and O–H groups in total. The van der Waals surface area contributed by atoms with Crippen molar-refractivity contribution in [2.75, 3.05) is 52.8 Å². The molecule has 2 amide bonds. The Hall–Kier alpha value is -3.45. The van der Waals surface area contributed by atoms with Crippen molar-refractivity contribution in [3.8, 4) is 6.57 Å². The van der Waals surface area contributed by atoms with Crippen LogP contribution in [0.3, 0.4) is 0 Å². The van der Waals surface area contributed by atoms with Gasteiger partial charge in [-0.15, -0.1) is 0 Å². The summed E-state index contributed by atoms with van der Waals surface area (Å²) < 4.78 is 5.65. The number of urea groups is 1. The maximum absolute atomic E-state index is 13.4. The van der Waals surface area contributed by atoms with Crippen molar-refractivity contribution in [2.24, 2.45) is 0 Å². The number of aromatic nitrogens is 3. The number of hydrogen-bond acceptors (Lipinski definition) is 7. The van der Waals surface area contributed by atoms with Crippen LogP contribution in [-0.2, 0) is 4.74 Å². The third-order valence-electron chi connectivity index (χ3n) is 5.84. The van der Waals surface area contributed by atoms with Gasteiger partial charge in [0.15, 0.2) is 11.6 Å². The fourth-order valence-corrected chi connectivity index (χ4v) is 4.39. The van der Waals surface area contributed by atoms with Gasteiger partial charge in [0.1, 0.15) is 12.4 Å². The van der Waals surface area contributed by atoms with Gasteiger partial charge in [0, 0.05) is 32.0 Å². The fourth-order valence-electron chi connectivity index (χ4n) is 4.39. The molecule has 0 saturated carbocycles. The molecule has 1 unspecified atom stereocenters. The molecule has 10 heteroatoms. The first-order valence-electron chi connectivity index (χ1n) is 10.0. The molecular weight excluding hydrogens is 384 g/mol. The molecule has 30 heavy (non-hydrogen) atoms. The van der Waals surface area contributed by atoms with E-state index in [1.54, 1.807) is 11.1 Å². The van der Waals surface area contributed by atoms with Gasteiger partial charge in [0.05, 0.1) is 31.0 Å². The van der Waals surface area contributed by atoms with Crippen LogP contribution in [0.5, 0.6) is 0 Å². The van der Waals surface area contributed by atoms with E-state index in [9.17, 15) is 4.79 Å². The molecule has 5 heterocycles. The smallest absolute Gasteiger partial charge is 0.375 e. The normalized spacial score (nSPS) is 24.9. The molecule has 2 saturated heterocycles. The topological polar surface area (TPSA) is 91.1 Å². The van der Waals surface area contributed by atoms with Crippen molar-refractivity contribution in [1.29, 1.82) is 0 Å². The summed E-state index contributed by atoms with van der Waals surface area (Å²) in [6.45, 7) is 11.3. The summed E-state index contributed by atoms with van der Waals surface area (Å²) in [5.74, 6) is 1.71. The Morgan fingerprint density at radius 1 is 1.33 bits per heavy atom. The van der Waals surface area contributed by atoms with E-state index < -0.39 is 5.66 Å². The van der Waals surface area contributed by atoms with Crippen LogP contribution in [0.1, 0.15) is 13.3 Å². The SMILES string of the molecule is C#[N+]C12CCN(C1)c1ccc(N3CCO[C@@H](C)C3)nc1N2C(=O)Nc1cnccn1. The number of nitrogens with one attached hydrogen (secondary N) is 1. The van der Waals surface area contributed by atoms with Crippen LogP contribution in [0.15, 0.2) is 30.7 Å². The van der Waals surface area contributed by atoms with Crippen LogP contribution in [0.2, 0.25) is 0 Å². The van der Waals surface area contributed by atoms with Gasteiger partial charge in [-0.05, 0) is 19.1 Å². The molecule has 2 bridgehead atoms. The second kappa shape index (κ2) is 7.11. The molecule has 0 aromatic carbocycles. The average molecular weight is 407 g/mol. The minimum Gasteiger partial charge on any atom is -0.375 e. The lowest BCUT2D eigenvalue weighted by Gasteiger charge is -2.37. The van der Waals surface area contributed by atoms with Crippen LogP contribution in [-0.4, -0.2) is 65.5 Å². The van der Waals surface area contributed by atoms with Gasteiger partial charge in [-0.1, -0.05) is 4.85 Å². The van der Waals surface area contributed by atoms with E-state index >= 15 is 0 Å². The van der Waals surface area contributed by atoms with E-state index in [0.29, 0.717) is 31.2 Å². The van der Waals surface area contributed by atoms with Crippen LogP contribution < -0.4 is 20.0 Å². The Morgan fingerprint density at radius 3 is 3.00 bits per heavy atom. The zero-order valence-electron chi connectivity index (χ0n) is 16.7. The molecule has 2 aromatic heterocycles. The van der Waals surface area contributed by atoms with Crippen LogP contribution in [0, 0.1) is 6.57 Å². The number of nitrogens with zero attached hydrogens (tertiary/aromatic N) is 7. The fraction of sp³-hybridized carbons (Fsp3) is 0.450. The predicted molar refractivity (Wildman–Crippen MR) is 113 cm³/mol. The molecule has 10 nitrogen and oxygen atoms in total. The van der Waals surface area contributed by atoms with Crippen LogP contribution in [0.4, 0.5) is 27.9 Å². The van der Waals surface area contributed by atoms with Crippen molar-refractivity contribution in [2.45, 2.75) is 25.1 Å². The van der Waals surface area contributed by atoms with Crippen LogP contribution in [0.25, 0.3) is 4.85 Å². The third kappa shape index (κ3) is 2.98. The summed E-state index contributed by atoms with van der Waals surface area (Å²) >= 11 is 0. The number of carbonyl (C=O) groups excluding carboxylic acids is 1. The monoisotopic (exact) mass is 407 g/mol. The molecule has 0 aliphatic carbocycles. The maximum atomic E-state index is 13.4. The molecule has 3 aliphatic heterocycles. The number of morpholine rings is 1. The minimum absolute atomic E-state index is 0.123. The van der Waals surface area contributed by atoms with E-state index in [1.807, 2.05) is 19.1 Å².